The minimum absolute atomic E-state index is 0.444. The maximum absolute atomic E-state index is 6.70. The Hall–Kier alpha value is -5.48. The third-order valence-corrected chi connectivity index (χ3v) is 9.01. The Morgan fingerprint density at radius 3 is 2.23 bits per heavy atom. The lowest BCUT2D eigenvalue weighted by Crippen LogP contribution is -2.12. The van der Waals surface area contributed by atoms with E-state index in [-0.39, 0.29) is 0 Å². The van der Waals surface area contributed by atoms with Crippen molar-refractivity contribution in [2.45, 2.75) is 19.4 Å². The molecule has 0 bridgehead atoms. The first-order valence-electron chi connectivity index (χ1n) is 14.8. The average Bonchev–Trinajstić information content (AvgIpc) is 3.61. The van der Waals surface area contributed by atoms with E-state index in [1.165, 1.54) is 43.4 Å². The highest BCUT2D eigenvalue weighted by atomic mass is 16.5. The summed E-state index contributed by atoms with van der Waals surface area (Å²) < 4.78 is 15.0. The molecule has 4 nitrogen and oxygen atoms in total. The van der Waals surface area contributed by atoms with Gasteiger partial charge in [0, 0.05) is 34.4 Å². The van der Waals surface area contributed by atoms with Crippen molar-refractivity contribution in [1.82, 2.24) is 4.57 Å². The summed E-state index contributed by atoms with van der Waals surface area (Å²) in [5, 5.41) is 8.49. The maximum Gasteiger partial charge on any atom is 0.134 e. The Balaban J connectivity index is 1.17. The number of fused-ring (bicyclic) bond motifs is 9. The zero-order chi connectivity index (χ0) is 28.5. The molecule has 6 aromatic carbocycles. The van der Waals surface area contributed by atoms with Crippen molar-refractivity contribution in [3.8, 4) is 5.69 Å². The van der Waals surface area contributed by atoms with Gasteiger partial charge in [-0.3, -0.25) is 0 Å². The molecule has 43 heavy (non-hydrogen) atoms. The highest BCUT2D eigenvalue weighted by Crippen LogP contribution is 2.40. The molecule has 0 atom stereocenters. The van der Waals surface area contributed by atoms with E-state index in [0.29, 0.717) is 12.3 Å². The number of hydrogen-bond acceptors (Lipinski definition) is 3. The molecule has 0 fully saturated rings. The van der Waals surface area contributed by atoms with Gasteiger partial charge in [-0.1, -0.05) is 97.1 Å². The molecule has 206 valence electrons. The Labute approximate surface area is 248 Å². The molecule has 0 unspecified atom stereocenters. The molecule has 4 heteroatoms. The van der Waals surface area contributed by atoms with Crippen molar-refractivity contribution in [2.75, 3.05) is 0 Å². The lowest BCUT2D eigenvalue weighted by Gasteiger charge is -2.19. The van der Waals surface area contributed by atoms with E-state index in [4.69, 9.17) is 14.9 Å². The first-order chi connectivity index (χ1) is 21.3. The number of benzene rings is 6. The fourth-order valence-electron chi connectivity index (χ4n) is 7.05. The summed E-state index contributed by atoms with van der Waals surface area (Å²) in [5.74, 6) is 1.78. The van der Waals surface area contributed by atoms with Crippen LogP contribution in [0, 0.1) is 0 Å². The van der Waals surface area contributed by atoms with Gasteiger partial charge in [0.05, 0.1) is 28.0 Å². The van der Waals surface area contributed by atoms with Crippen molar-refractivity contribution in [2.24, 2.45) is 5.73 Å². The molecule has 0 saturated carbocycles. The molecular weight excluding hydrogens is 528 g/mol. The van der Waals surface area contributed by atoms with Crippen LogP contribution in [-0.4, -0.2) is 4.57 Å². The highest BCUT2D eigenvalue weighted by molar-refractivity contribution is 6.21. The van der Waals surface area contributed by atoms with Gasteiger partial charge in [-0.25, -0.2) is 0 Å². The van der Waals surface area contributed by atoms with Gasteiger partial charge in [0.1, 0.15) is 23.7 Å². The van der Waals surface area contributed by atoms with E-state index >= 15 is 0 Å². The quantitative estimate of drug-likeness (QED) is 0.235. The fourth-order valence-corrected chi connectivity index (χ4v) is 7.05. The van der Waals surface area contributed by atoms with Gasteiger partial charge in [0.15, 0.2) is 0 Å². The molecule has 0 spiro atoms. The Bertz CT molecular complexity index is 2420. The standard InChI is InChI=1S/C39H28N2O2/c40-39-36(22-21-35-38(39)30-14-6-8-16-34(30)43-35)42-23-25-18-19-32(28-12-4-3-10-26(25)28)41-31-15-7-5-13-29(31)37-27-11-2-1-9-24(27)17-20-33(37)41/h1-20H,21-23,40H2. The van der Waals surface area contributed by atoms with Gasteiger partial charge in [0.2, 0.25) is 0 Å². The summed E-state index contributed by atoms with van der Waals surface area (Å²) in [6, 6.07) is 43.0. The lowest BCUT2D eigenvalue weighted by atomic mass is 9.98. The molecule has 0 amide bonds. The summed E-state index contributed by atoms with van der Waals surface area (Å²) >= 11 is 0. The number of ether oxygens (including phenoxy) is 1. The van der Waals surface area contributed by atoms with Crippen LogP contribution in [0.1, 0.15) is 23.3 Å². The molecular formula is C39H28N2O2. The van der Waals surface area contributed by atoms with Gasteiger partial charge in [-0.05, 0) is 46.0 Å². The first kappa shape index (κ1) is 24.2. The molecule has 8 aromatic rings. The van der Waals surface area contributed by atoms with Crippen LogP contribution in [0.4, 0.5) is 0 Å². The number of hydrogen-bond donors (Lipinski definition) is 1. The summed E-state index contributed by atoms with van der Waals surface area (Å²) in [5.41, 5.74) is 13.9. The molecule has 0 radical (unpaired) electrons. The molecule has 2 aromatic heterocycles. The van der Waals surface area contributed by atoms with Crippen molar-refractivity contribution >= 4 is 60.0 Å². The van der Waals surface area contributed by atoms with Crippen LogP contribution in [-0.2, 0) is 17.8 Å². The van der Waals surface area contributed by atoms with Crippen LogP contribution < -0.4 is 5.73 Å². The third-order valence-electron chi connectivity index (χ3n) is 9.01. The number of aromatic nitrogens is 1. The second kappa shape index (κ2) is 9.27. The van der Waals surface area contributed by atoms with E-state index in [9.17, 15) is 0 Å². The number of para-hydroxylation sites is 2. The number of aryl methyl sites for hydroxylation is 1. The van der Waals surface area contributed by atoms with Gasteiger partial charge in [-0.2, -0.15) is 0 Å². The predicted octanol–water partition coefficient (Wildman–Crippen LogP) is 9.63. The fraction of sp³-hybridized carbons (Fsp3) is 0.0769. The van der Waals surface area contributed by atoms with Crippen molar-refractivity contribution < 1.29 is 9.15 Å². The van der Waals surface area contributed by atoms with Crippen LogP contribution in [0.5, 0.6) is 0 Å². The van der Waals surface area contributed by atoms with E-state index in [2.05, 4.69) is 108 Å². The van der Waals surface area contributed by atoms with E-state index in [1.807, 2.05) is 18.2 Å². The van der Waals surface area contributed by atoms with Gasteiger partial charge in [-0.15, -0.1) is 0 Å². The Morgan fingerprint density at radius 1 is 0.628 bits per heavy atom. The predicted molar refractivity (Wildman–Crippen MR) is 176 cm³/mol. The number of rotatable bonds is 4. The van der Waals surface area contributed by atoms with Gasteiger partial charge < -0.3 is 19.5 Å². The van der Waals surface area contributed by atoms with Crippen LogP contribution in [0.2, 0.25) is 0 Å². The smallest absolute Gasteiger partial charge is 0.134 e. The summed E-state index contributed by atoms with van der Waals surface area (Å²) in [7, 11) is 0. The summed E-state index contributed by atoms with van der Waals surface area (Å²) in [6.07, 6.45) is 1.51. The summed E-state index contributed by atoms with van der Waals surface area (Å²) in [6.45, 7) is 0.444. The zero-order valence-electron chi connectivity index (χ0n) is 23.5. The largest absolute Gasteiger partial charge is 0.491 e. The monoisotopic (exact) mass is 556 g/mol. The molecule has 2 heterocycles. The number of nitrogens with zero attached hydrogens (tertiary/aromatic N) is 1. The van der Waals surface area contributed by atoms with Crippen molar-refractivity contribution in [3.05, 3.63) is 144 Å². The lowest BCUT2D eigenvalue weighted by molar-refractivity contribution is 0.189. The molecule has 0 aliphatic heterocycles. The molecule has 1 aliphatic carbocycles. The van der Waals surface area contributed by atoms with Crippen LogP contribution in [0.15, 0.2) is 132 Å². The maximum atomic E-state index is 6.70. The number of furan rings is 1. The Kier molecular flexibility index (Phi) is 5.20. The van der Waals surface area contributed by atoms with Crippen molar-refractivity contribution in [3.63, 3.8) is 0 Å². The first-order valence-corrected chi connectivity index (χ1v) is 14.8. The zero-order valence-corrected chi connectivity index (χ0v) is 23.5. The SMILES string of the molecule is NC1=C(OCc2ccc(-n3c4ccccc4c4c5ccccc5ccc43)c3ccccc23)CCc2oc3ccccc3c21. The molecule has 2 N–H and O–H groups in total. The summed E-state index contributed by atoms with van der Waals surface area (Å²) in [4.78, 5) is 0. The molecule has 1 aliphatic rings. The number of nitrogens with two attached hydrogens (primary N) is 1. The van der Waals surface area contributed by atoms with Crippen LogP contribution in [0.25, 0.3) is 65.7 Å². The van der Waals surface area contributed by atoms with E-state index < -0.39 is 0 Å². The van der Waals surface area contributed by atoms with Crippen LogP contribution >= 0.6 is 0 Å². The van der Waals surface area contributed by atoms with E-state index in [0.717, 1.165) is 52.1 Å². The van der Waals surface area contributed by atoms with Crippen LogP contribution in [0.3, 0.4) is 0 Å². The van der Waals surface area contributed by atoms with Crippen molar-refractivity contribution in [1.29, 1.82) is 0 Å². The minimum atomic E-state index is 0.444. The Morgan fingerprint density at radius 2 is 1.35 bits per heavy atom. The second-order valence-electron chi connectivity index (χ2n) is 11.3. The normalized spacial score (nSPS) is 13.5. The molecule has 0 saturated heterocycles. The second-order valence-corrected chi connectivity index (χ2v) is 11.3. The minimum Gasteiger partial charge on any atom is -0.491 e. The van der Waals surface area contributed by atoms with Gasteiger partial charge >= 0.3 is 0 Å². The number of allylic oxidation sites excluding steroid dienone is 1. The highest BCUT2D eigenvalue weighted by Gasteiger charge is 2.25. The third kappa shape index (κ3) is 3.56. The average molecular weight is 557 g/mol. The van der Waals surface area contributed by atoms with E-state index in [1.54, 1.807) is 0 Å². The van der Waals surface area contributed by atoms with Gasteiger partial charge in [0.25, 0.3) is 0 Å². The molecule has 9 rings (SSSR count). The topological polar surface area (TPSA) is 53.3 Å².